The van der Waals surface area contributed by atoms with Crippen LogP contribution in [0, 0.1) is 5.92 Å². The second-order valence-corrected chi connectivity index (χ2v) is 9.10. The molecule has 164 valence electrons. The van der Waals surface area contributed by atoms with Crippen LogP contribution >= 0.6 is 0 Å². The topological polar surface area (TPSA) is 90.2 Å². The molecular formula is C23H26N2O6. The number of aromatic nitrogens is 1. The number of ether oxygens (including phenoxy) is 3. The summed E-state index contributed by atoms with van der Waals surface area (Å²) in [7, 11) is 1.59. The molecule has 8 nitrogen and oxygen atoms in total. The Balaban J connectivity index is 1.68. The van der Waals surface area contributed by atoms with E-state index in [-0.39, 0.29) is 17.1 Å². The molecule has 4 heterocycles. The van der Waals surface area contributed by atoms with E-state index in [1.807, 2.05) is 16.8 Å². The number of hydrogen-bond donors (Lipinski definition) is 1. The molecule has 1 atom stereocenters. The first-order chi connectivity index (χ1) is 14.8. The molecule has 2 fully saturated rings. The van der Waals surface area contributed by atoms with Gasteiger partial charge < -0.3 is 19.3 Å². The van der Waals surface area contributed by atoms with E-state index in [1.165, 1.54) is 12.3 Å². The number of nitrogens with zero attached hydrogens (tertiary/aromatic N) is 2. The largest absolute Gasteiger partial charge is 0.493 e. The third kappa shape index (κ3) is 3.08. The third-order valence-corrected chi connectivity index (χ3v) is 6.59. The minimum Gasteiger partial charge on any atom is -0.493 e. The number of carboxylic acids is 1. The quantitative estimate of drug-likeness (QED) is 0.786. The van der Waals surface area contributed by atoms with E-state index in [1.54, 1.807) is 7.11 Å². The lowest BCUT2D eigenvalue weighted by Crippen LogP contribution is -2.50. The van der Waals surface area contributed by atoms with Crippen molar-refractivity contribution < 1.29 is 24.1 Å². The molecule has 0 saturated carbocycles. The van der Waals surface area contributed by atoms with Gasteiger partial charge in [-0.3, -0.25) is 14.5 Å². The summed E-state index contributed by atoms with van der Waals surface area (Å²) in [6.45, 7) is 6.25. The van der Waals surface area contributed by atoms with Crippen molar-refractivity contribution in [3.8, 4) is 22.8 Å². The van der Waals surface area contributed by atoms with Crippen molar-refractivity contribution in [1.82, 2.24) is 4.68 Å². The zero-order valence-corrected chi connectivity index (χ0v) is 17.9. The number of methoxy groups -OCH3 is 1. The van der Waals surface area contributed by atoms with Gasteiger partial charge in [-0.25, -0.2) is 4.79 Å². The van der Waals surface area contributed by atoms with Crippen molar-refractivity contribution in [2.75, 3.05) is 31.9 Å². The number of fused-ring (bicyclic) bond motifs is 6. The lowest BCUT2D eigenvalue weighted by atomic mass is 9.93. The molecule has 0 amide bonds. The fraction of sp³-hybridized carbons (Fsp3) is 0.478. The highest BCUT2D eigenvalue weighted by atomic mass is 16.5. The first-order valence-electron chi connectivity index (χ1n) is 10.5. The number of carbonyl (C=O) groups is 1. The van der Waals surface area contributed by atoms with E-state index in [2.05, 4.69) is 18.9 Å². The van der Waals surface area contributed by atoms with Crippen LogP contribution in [0.2, 0.25) is 0 Å². The van der Waals surface area contributed by atoms with E-state index in [0.717, 1.165) is 24.0 Å². The van der Waals surface area contributed by atoms with Crippen molar-refractivity contribution in [3.05, 3.63) is 45.7 Å². The van der Waals surface area contributed by atoms with Crippen molar-refractivity contribution in [1.29, 1.82) is 0 Å². The SMILES string of the molecule is COc1cc2c(cc1OCC1COC1)[C@H]1CCC(C)(C)N1n1cc(C(=O)O)c(=O)cc1-2. The van der Waals surface area contributed by atoms with Gasteiger partial charge in [0.15, 0.2) is 16.9 Å². The van der Waals surface area contributed by atoms with E-state index >= 15 is 0 Å². The summed E-state index contributed by atoms with van der Waals surface area (Å²) in [6.07, 6.45) is 3.30. The highest BCUT2D eigenvalue weighted by Gasteiger charge is 2.45. The Morgan fingerprint density at radius 2 is 2.03 bits per heavy atom. The average Bonchev–Trinajstić information content (AvgIpc) is 3.01. The summed E-state index contributed by atoms with van der Waals surface area (Å²) in [5, 5.41) is 11.7. The molecule has 5 rings (SSSR count). The predicted molar refractivity (Wildman–Crippen MR) is 114 cm³/mol. The fourth-order valence-electron chi connectivity index (χ4n) is 4.88. The van der Waals surface area contributed by atoms with Gasteiger partial charge in [-0.1, -0.05) is 0 Å². The maximum atomic E-state index is 12.6. The fourth-order valence-corrected chi connectivity index (χ4v) is 4.88. The molecule has 3 aliphatic rings. The van der Waals surface area contributed by atoms with Crippen LogP contribution in [-0.2, 0) is 4.74 Å². The van der Waals surface area contributed by atoms with Crippen LogP contribution < -0.4 is 19.9 Å². The van der Waals surface area contributed by atoms with Gasteiger partial charge >= 0.3 is 5.97 Å². The molecule has 2 aromatic rings. The van der Waals surface area contributed by atoms with E-state index in [0.29, 0.717) is 42.9 Å². The number of pyridine rings is 1. The molecule has 1 aromatic carbocycles. The maximum Gasteiger partial charge on any atom is 0.341 e. The zero-order chi connectivity index (χ0) is 21.9. The normalized spacial score (nSPS) is 21.0. The van der Waals surface area contributed by atoms with Gasteiger partial charge in [0.1, 0.15) is 5.56 Å². The van der Waals surface area contributed by atoms with E-state index < -0.39 is 11.4 Å². The van der Waals surface area contributed by atoms with Crippen LogP contribution in [0.15, 0.2) is 29.2 Å². The third-order valence-electron chi connectivity index (χ3n) is 6.59. The molecule has 0 bridgehead atoms. The molecule has 2 saturated heterocycles. The van der Waals surface area contributed by atoms with Crippen LogP contribution in [0.1, 0.15) is 48.7 Å². The molecule has 3 aliphatic heterocycles. The Morgan fingerprint density at radius 3 is 2.68 bits per heavy atom. The maximum absolute atomic E-state index is 12.6. The number of aromatic carboxylic acids is 1. The number of hydrogen-bond acceptors (Lipinski definition) is 6. The summed E-state index contributed by atoms with van der Waals surface area (Å²) in [5.41, 5.74) is 1.64. The molecular weight excluding hydrogens is 400 g/mol. The van der Waals surface area contributed by atoms with Crippen LogP contribution in [0.5, 0.6) is 11.5 Å². The highest BCUT2D eigenvalue weighted by molar-refractivity contribution is 5.88. The van der Waals surface area contributed by atoms with Crippen molar-refractivity contribution in [2.45, 2.75) is 38.3 Å². The second-order valence-electron chi connectivity index (χ2n) is 9.10. The van der Waals surface area contributed by atoms with Crippen LogP contribution in [-0.4, -0.2) is 48.2 Å². The Hall–Kier alpha value is -3.00. The van der Waals surface area contributed by atoms with Crippen molar-refractivity contribution in [3.63, 3.8) is 0 Å². The molecule has 0 radical (unpaired) electrons. The van der Waals surface area contributed by atoms with E-state index in [4.69, 9.17) is 14.2 Å². The molecule has 0 unspecified atom stereocenters. The lowest BCUT2D eigenvalue weighted by Gasteiger charge is -2.44. The van der Waals surface area contributed by atoms with Crippen molar-refractivity contribution >= 4 is 5.97 Å². The van der Waals surface area contributed by atoms with Gasteiger partial charge in [0.25, 0.3) is 0 Å². The first-order valence-corrected chi connectivity index (χ1v) is 10.5. The van der Waals surface area contributed by atoms with Crippen LogP contribution in [0.4, 0.5) is 0 Å². The lowest BCUT2D eigenvalue weighted by molar-refractivity contribution is -0.0511. The summed E-state index contributed by atoms with van der Waals surface area (Å²) in [5.74, 6) is 0.430. The number of rotatable bonds is 5. The molecule has 31 heavy (non-hydrogen) atoms. The van der Waals surface area contributed by atoms with Gasteiger partial charge in [0.05, 0.1) is 44.2 Å². The van der Waals surface area contributed by atoms with Gasteiger partial charge in [-0.2, -0.15) is 0 Å². The Labute approximate surface area is 179 Å². The van der Waals surface area contributed by atoms with Crippen LogP contribution in [0.25, 0.3) is 11.3 Å². The van der Waals surface area contributed by atoms with Crippen LogP contribution in [0.3, 0.4) is 0 Å². The summed E-state index contributed by atoms with van der Waals surface area (Å²) in [4.78, 5) is 24.2. The second kappa shape index (κ2) is 7.02. The average molecular weight is 426 g/mol. The zero-order valence-electron chi connectivity index (χ0n) is 17.9. The summed E-state index contributed by atoms with van der Waals surface area (Å²) >= 11 is 0. The molecule has 0 aliphatic carbocycles. The molecule has 0 spiro atoms. The summed E-state index contributed by atoms with van der Waals surface area (Å²) in [6, 6.07) is 5.38. The van der Waals surface area contributed by atoms with Gasteiger partial charge in [0, 0.05) is 23.7 Å². The Bertz CT molecular complexity index is 1120. The molecule has 1 aromatic heterocycles. The molecule has 1 N–H and O–H groups in total. The van der Waals surface area contributed by atoms with Gasteiger partial charge in [0.2, 0.25) is 0 Å². The first kappa shape index (κ1) is 19.9. The van der Waals surface area contributed by atoms with Gasteiger partial charge in [-0.05, 0) is 44.4 Å². The van der Waals surface area contributed by atoms with E-state index in [9.17, 15) is 14.7 Å². The highest BCUT2D eigenvalue weighted by Crippen LogP contribution is 2.50. The predicted octanol–water partition coefficient (Wildman–Crippen LogP) is 2.81. The monoisotopic (exact) mass is 426 g/mol. The van der Waals surface area contributed by atoms with Gasteiger partial charge in [-0.15, -0.1) is 0 Å². The van der Waals surface area contributed by atoms with Crippen molar-refractivity contribution in [2.24, 2.45) is 5.92 Å². The Morgan fingerprint density at radius 1 is 1.26 bits per heavy atom. The number of benzene rings is 1. The molecule has 8 heteroatoms. The standard InChI is InChI=1S/C23H26N2O6/c1-23(2)5-4-17-14-7-21(31-12-13-10-30-11-13)20(29-3)6-15(14)18-8-19(26)16(22(27)28)9-24(18)25(17)23/h6-9,13,17H,4-5,10-12H2,1-3H3,(H,27,28)/t17-/m1/s1. The minimum atomic E-state index is -1.22. The Kier molecular flexibility index (Phi) is 4.51. The smallest absolute Gasteiger partial charge is 0.341 e. The number of carboxylic acid groups (broad SMARTS) is 1. The summed E-state index contributed by atoms with van der Waals surface area (Å²) < 4.78 is 18.8. The minimum absolute atomic E-state index is 0.0435.